The molecule has 0 aromatic heterocycles. The molecule has 2 fully saturated rings. The summed E-state index contributed by atoms with van der Waals surface area (Å²) in [6, 6.07) is 6.93. The van der Waals surface area contributed by atoms with Crippen molar-refractivity contribution < 1.29 is 17.9 Å². The van der Waals surface area contributed by atoms with E-state index in [2.05, 4.69) is 28.5 Å². The summed E-state index contributed by atoms with van der Waals surface area (Å²) in [5.41, 5.74) is 0.546. The number of nitrogens with one attached hydrogen (secondary N) is 1. The smallest absolute Gasteiger partial charge is 0.285 e. The van der Waals surface area contributed by atoms with Crippen molar-refractivity contribution in [3.63, 3.8) is 0 Å². The zero-order valence-corrected chi connectivity index (χ0v) is 18.5. The average Bonchev–Trinajstić information content (AvgIpc) is 3.04. The van der Waals surface area contributed by atoms with Crippen LogP contribution < -0.4 is 5.32 Å². The Hall–Kier alpha value is -1.97. The average molecular weight is 435 g/mol. The van der Waals surface area contributed by atoms with Gasteiger partial charge in [-0.3, -0.25) is 9.69 Å². The van der Waals surface area contributed by atoms with Crippen molar-refractivity contribution in [2.24, 2.45) is 10.3 Å². The van der Waals surface area contributed by atoms with Gasteiger partial charge in [-0.25, -0.2) is 0 Å². The Morgan fingerprint density at radius 2 is 1.83 bits per heavy atom. The van der Waals surface area contributed by atoms with Gasteiger partial charge in [-0.15, -0.1) is 4.40 Å². The van der Waals surface area contributed by atoms with Crippen molar-refractivity contribution >= 4 is 21.8 Å². The minimum atomic E-state index is -3.62. The Morgan fingerprint density at radius 3 is 2.53 bits per heavy atom. The number of likely N-dealkylation sites (tertiary alicyclic amines) is 1. The highest BCUT2D eigenvalue weighted by atomic mass is 32.2. The number of amides is 1. The van der Waals surface area contributed by atoms with E-state index in [1.54, 1.807) is 18.2 Å². The number of rotatable bonds is 4. The molecule has 0 unspecified atom stereocenters. The predicted molar refractivity (Wildman–Crippen MR) is 114 cm³/mol. The van der Waals surface area contributed by atoms with Crippen molar-refractivity contribution in [1.82, 2.24) is 15.1 Å². The zero-order chi connectivity index (χ0) is 21.4. The summed E-state index contributed by atoms with van der Waals surface area (Å²) in [4.78, 5) is 17.4. The summed E-state index contributed by atoms with van der Waals surface area (Å²) in [7, 11) is -3.62. The number of hydrogen-bond donors (Lipinski definition) is 1. The molecule has 9 heteroatoms. The van der Waals surface area contributed by atoms with Crippen LogP contribution in [0.5, 0.6) is 0 Å². The van der Waals surface area contributed by atoms with Crippen LogP contribution in [0.15, 0.2) is 33.6 Å². The van der Waals surface area contributed by atoms with Crippen LogP contribution in [0.2, 0.25) is 0 Å². The summed E-state index contributed by atoms with van der Waals surface area (Å²) in [5.74, 6) is 0.533. The number of sulfonamides is 1. The fourth-order valence-corrected chi connectivity index (χ4v) is 5.63. The second kappa shape index (κ2) is 8.28. The van der Waals surface area contributed by atoms with Crippen molar-refractivity contribution in [1.29, 1.82) is 0 Å². The molecule has 3 aliphatic rings. The van der Waals surface area contributed by atoms with Gasteiger partial charge >= 0.3 is 0 Å². The highest BCUT2D eigenvalue weighted by Crippen LogP contribution is 2.29. The summed E-state index contributed by atoms with van der Waals surface area (Å²) in [5, 5.41) is 3.14. The molecule has 0 atom stereocenters. The number of morpholine rings is 1. The topological polar surface area (TPSA) is 91.3 Å². The molecule has 0 spiro atoms. The van der Waals surface area contributed by atoms with Crippen LogP contribution in [0, 0.1) is 5.92 Å². The third-order valence-corrected chi connectivity index (χ3v) is 7.67. The number of benzene rings is 1. The fourth-order valence-electron chi connectivity index (χ4n) is 4.40. The predicted octanol–water partition coefficient (Wildman–Crippen LogP) is 1.07. The van der Waals surface area contributed by atoms with Crippen molar-refractivity contribution in [3.05, 3.63) is 29.8 Å². The number of carbonyl (C=O) groups excluding carboxylic acids is 1. The maximum Gasteiger partial charge on any atom is 0.285 e. The molecular weight excluding hydrogens is 404 g/mol. The van der Waals surface area contributed by atoms with Gasteiger partial charge in [0, 0.05) is 49.7 Å². The van der Waals surface area contributed by atoms with E-state index in [4.69, 9.17) is 4.74 Å². The number of fused-ring (bicyclic) bond motifs is 1. The fraction of sp³-hybridized carbons (Fsp3) is 0.619. The van der Waals surface area contributed by atoms with E-state index >= 15 is 0 Å². The molecular formula is C21H30N4O4S. The Labute approximate surface area is 178 Å². The number of piperidine rings is 1. The first kappa shape index (κ1) is 21.3. The Kier molecular flexibility index (Phi) is 5.87. The van der Waals surface area contributed by atoms with Gasteiger partial charge in [0.05, 0.1) is 13.2 Å². The third kappa shape index (κ3) is 4.24. The lowest BCUT2D eigenvalue weighted by Crippen LogP contribution is -2.56. The van der Waals surface area contributed by atoms with E-state index in [0.29, 0.717) is 43.9 Å². The molecule has 3 aliphatic heterocycles. The molecule has 30 heavy (non-hydrogen) atoms. The molecule has 1 aromatic rings. The van der Waals surface area contributed by atoms with Gasteiger partial charge < -0.3 is 15.0 Å². The minimum absolute atomic E-state index is 0.0596. The molecule has 1 amide bonds. The summed E-state index contributed by atoms with van der Waals surface area (Å²) < 4.78 is 34.0. The summed E-state index contributed by atoms with van der Waals surface area (Å²) in [6.45, 7) is 9.37. The second-order valence-corrected chi connectivity index (χ2v) is 10.3. The zero-order valence-electron chi connectivity index (χ0n) is 17.6. The lowest BCUT2D eigenvalue weighted by Gasteiger charge is -2.41. The summed E-state index contributed by atoms with van der Waals surface area (Å²) in [6.07, 6.45) is 1.37. The molecule has 1 aromatic carbocycles. The normalized spacial score (nSPS) is 22.5. The van der Waals surface area contributed by atoms with Gasteiger partial charge in [-0.05, 0) is 38.8 Å². The van der Waals surface area contributed by atoms with Crippen molar-refractivity contribution in [3.8, 4) is 0 Å². The first-order valence-corrected chi connectivity index (χ1v) is 12.0. The molecule has 2 saturated heterocycles. The summed E-state index contributed by atoms with van der Waals surface area (Å²) >= 11 is 0. The molecule has 4 rings (SSSR count). The second-order valence-electron chi connectivity index (χ2n) is 8.78. The standard InChI is InChI=1S/C21H30N4O4S/c1-21(2,25-11-13-29-14-12-25)15-22-20(26)16-7-9-24(10-8-16)19-17-5-3-4-6-18(17)30(27,28)23-19/h3-6,16H,7-15H2,1-2H3,(H,22,26). The van der Waals surface area contributed by atoms with Crippen LogP contribution in [0.1, 0.15) is 32.3 Å². The lowest BCUT2D eigenvalue weighted by atomic mass is 9.94. The van der Waals surface area contributed by atoms with Crippen molar-refractivity contribution in [2.75, 3.05) is 45.9 Å². The number of hydrogen-bond acceptors (Lipinski definition) is 6. The van der Waals surface area contributed by atoms with Crippen LogP contribution in [0.3, 0.4) is 0 Å². The van der Waals surface area contributed by atoms with Gasteiger partial charge in [0.1, 0.15) is 4.90 Å². The SMILES string of the molecule is CC(C)(CNC(=O)C1CCN(C2=NS(=O)(=O)c3ccccc32)CC1)N1CCOCC1. The first-order chi connectivity index (χ1) is 14.3. The number of amidine groups is 1. The Bertz CT molecular complexity index is 930. The quantitative estimate of drug-likeness (QED) is 0.762. The van der Waals surface area contributed by atoms with Crippen LogP contribution in [-0.4, -0.2) is 81.4 Å². The third-order valence-electron chi connectivity index (χ3n) is 6.34. The van der Waals surface area contributed by atoms with Crippen molar-refractivity contribution in [2.45, 2.75) is 37.1 Å². The molecule has 0 radical (unpaired) electrons. The van der Waals surface area contributed by atoms with Gasteiger partial charge in [-0.1, -0.05) is 12.1 Å². The van der Waals surface area contributed by atoms with E-state index in [9.17, 15) is 13.2 Å². The molecule has 8 nitrogen and oxygen atoms in total. The first-order valence-electron chi connectivity index (χ1n) is 10.6. The highest BCUT2D eigenvalue weighted by Gasteiger charge is 2.35. The van der Waals surface area contributed by atoms with Gasteiger partial charge in [0.25, 0.3) is 10.0 Å². The Morgan fingerprint density at radius 1 is 1.17 bits per heavy atom. The lowest BCUT2D eigenvalue weighted by molar-refractivity contribution is -0.127. The van der Waals surface area contributed by atoms with E-state index < -0.39 is 10.0 Å². The minimum Gasteiger partial charge on any atom is -0.379 e. The molecule has 1 N–H and O–H groups in total. The van der Waals surface area contributed by atoms with E-state index in [1.807, 2.05) is 11.0 Å². The molecule has 0 bridgehead atoms. The van der Waals surface area contributed by atoms with Crippen LogP contribution in [0.25, 0.3) is 0 Å². The number of ether oxygens (including phenoxy) is 1. The van der Waals surface area contributed by atoms with Gasteiger partial charge in [0.15, 0.2) is 5.84 Å². The molecule has 0 saturated carbocycles. The molecule has 0 aliphatic carbocycles. The van der Waals surface area contributed by atoms with Crippen LogP contribution in [0.4, 0.5) is 0 Å². The van der Waals surface area contributed by atoms with E-state index in [-0.39, 0.29) is 22.3 Å². The van der Waals surface area contributed by atoms with Crippen LogP contribution in [-0.2, 0) is 19.6 Å². The van der Waals surface area contributed by atoms with Gasteiger partial charge in [-0.2, -0.15) is 8.42 Å². The Balaban J connectivity index is 1.32. The highest BCUT2D eigenvalue weighted by molar-refractivity contribution is 7.90. The van der Waals surface area contributed by atoms with Crippen LogP contribution >= 0.6 is 0 Å². The van der Waals surface area contributed by atoms with E-state index in [1.165, 1.54) is 0 Å². The van der Waals surface area contributed by atoms with Gasteiger partial charge in [0.2, 0.25) is 5.91 Å². The number of carbonyl (C=O) groups is 1. The largest absolute Gasteiger partial charge is 0.379 e. The number of nitrogens with zero attached hydrogens (tertiary/aromatic N) is 3. The molecule has 164 valence electrons. The molecule has 3 heterocycles. The maximum atomic E-state index is 12.8. The monoisotopic (exact) mass is 434 g/mol. The van der Waals surface area contributed by atoms with E-state index in [0.717, 1.165) is 26.3 Å². The maximum absolute atomic E-state index is 12.8.